The highest BCUT2D eigenvalue weighted by atomic mass is 32.2. The Morgan fingerprint density at radius 2 is 1.82 bits per heavy atom. The Balaban J connectivity index is 3.03. The third-order valence-corrected chi connectivity index (χ3v) is 5.06. The van der Waals surface area contributed by atoms with Gasteiger partial charge in [0.15, 0.2) is 9.84 Å². The maximum Gasteiger partial charge on any atom is 0.178 e. The van der Waals surface area contributed by atoms with Crippen LogP contribution in [-0.4, -0.2) is 14.2 Å². The van der Waals surface area contributed by atoms with Crippen molar-refractivity contribution in [1.82, 2.24) is 0 Å². The van der Waals surface area contributed by atoms with Gasteiger partial charge >= 0.3 is 0 Å². The second kappa shape index (κ2) is 5.67. The summed E-state index contributed by atoms with van der Waals surface area (Å²) in [6.45, 7) is 8.13. The summed E-state index contributed by atoms with van der Waals surface area (Å²) < 4.78 is 24.4. The smallest absolute Gasteiger partial charge is 0.178 e. The number of hydrogen-bond donors (Lipinski definition) is 0. The SMILES string of the molecule is CC[C@@H](C)CS(=O)(=O)c1cccc(C(C)C)c1. The van der Waals surface area contributed by atoms with E-state index < -0.39 is 9.84 Å². The van der Waals surface area contributed by atoms with E-state index in [0.717, 1.165) is 12.0 Å². The van der Waals surface area contributed by atoms with Crippen LogP contribution in [0.25, 0.3) is 0 Å². The van der Waals surface area contributed by atoms with Gasteiger partial charge in [0.1, 0.15) is 0 Å². The lowest BCUT2D eigenvalue weighted by Crippen LogP contribution is -2.13. The van der Waals surface area contributed by atoms with Crippen LogP contribution in [0.1, 0.15) is 45.6 Å². The van der Waals surface area contributed by atoms with Gasteiger partial charge in [-0.1, -0.05) is 46.2 Å². The van der Waals surface area contributed by atoms with E-state index in [4.69, 9.17) is 0 Å². The molecule has 0 saturated carbocycles. The molecule has 0 unspecified atom stereocenters. The Morgan fingerprint density at radius 1 is 1.18 bits per heavy atom. The van der Waals surface area contributed by atoms with E-state index in [9.17, 15) is 8.42 Å². The fourth-order valence-electron chi connectivity index (χ4n) is 1.66. The van der Waals surface area contributed by atoms with Crippen LogP contribution in [0.15, 0.2) is 29.2 Å². The van der Waals surface area contributed by atoms with Gasteiger partial charge in [-0.15, -0.1) is 0 Å². The minimum Gasteiger partial charge on any atom is -0.224 e. The predicted molar refractivity (Wildman–Crippen MR) is 72.0 cm³/mol. The van der Waals surface area contributed by atoms with E-state index in [1.54, 1.807) is 6.07 Å². The lowest BCUT2D eigenvalue weighted by atomic mass is 10.0. The number of rotatable bonds is 5. The lowest BCUT2D eigenvalue weighted by molar-refractivity contribution is 0.564. The summed E-state index contributed by atoms with van der Waals surface area (Å²) in [5.74, 6) is 0.807. The first-order valence-corrected chi connectivity index (χ1v) is 7.84. The molecule has 0 bridgehead atoms. The zero-order chi connectivity index (χ0) is 13.1. The molecule has 1 aromatic rings. The molecule has 0 aliphatic heterocycles. The summed E-state index contributed by atoms with van der Waals surface area (Å²) in [5.41, 5.74) is 1.08. The standard InChI is InChI=1S/C14H22O2S/c1-5-12(4)10-17(15,16)14-8-6-7-13(9-14)11(2)3/h6-9,11-12H,5,10H2,1-4H3/t12-/m1/s1. The Kier molecular flexibility index (Phi) is 4.75. The first kappa shape index (κ1) is 14.2. The molecule has 1 aromatic carbocycles. The average Bonchev–Trinajstić information content (AvgIpc) is 2.28. The molecule has 0 saturated heterocycles. The summed E-state index contributed by atoms with van der Waals surface area (Å²) in [5, 5.41) is 0. The summed E-state index contributed by atoms with van der Waals surface area (Å²) >= 11 is 0. The quantitative estimate of drug-likeness (QED) is 0.804. The molecule has 1 rings (SSSR count). The molecule has 0 amide bonds. The Bertz CT molecular complexity index is 461. The Labute approximate surface area is 105 Å². The summed E-state index contributed by atoms with van der Waals surface area (Å²) in [6.07, 6.45) is 0.892. The van der Waals surface area contributed by atoms with Crippen molar-refractivity contribution in [2.75, 3.05) is 5.75 Å². The Morgan fingerprint density at radius 3 is 2.35 bits per heavy atom. The molecule has 1 atom stereocenters. The molecular weight excluding hydrogens is 232 g/mol. The van der Waals surface area contributed by atoms with Gasteiger partial charge in [0, 0.05) is 0 Å². The van der Waals surface area contributed by atoms with Crippen LogP contribution in [0.5, 0.6) is 0 Å². The van der Waals surface area contributed by atoms with E-state index in [0.29, 0.717) is 10.8 Å². The van der Waals surface area contributed by atoms with Crippen LogP contribution in [-0.2, 0) is 9.84 Å². The highest BCUT2D eigenvalue weighted by molar-refractivity contribution is 7.91. The molecule has 0 N–H and O–H groups in total. The van der Waals surface area contributed by atoms with Gasteiger partial charge in [0.05, 0.1) is 10.6 Å². The summed E-state index contributed by atoms with van der Waals surface area (Å²) in [7, 11) is -3.13. The molecule has 0 spiro atoms. The van der Waals surface area contributed by atoms with Crippen molar-refractivity contribution in [3.8, 4) is 0 Å². The molecule has 3 heteroatoms. The van der Waals surface area contributed by atoms with E-state index in [-0.39, 0.29) is 11.7 Å². The highest BCUT2D eigenvalue weighted by Crippen LogP contribution is 2.21. The van der Waals surface area contributed by atoms with Crippen molar-refractivity contribution in [3.63, 3.8) is 0 Å². The molecule has 2 nitrogen and oxygen atoms in total. The van der Waals surface area contributed by atoms with Gasteiger partial charge in [-0.25, -0.2) is 8.42 Å². The number of sulfone groups is 1. The van der Waals surface area contributed by atoms with Gasteiger partial charge in [-0.2, -0.15) is 0 Å². The van der Waals surface area contributed by atoms with Crippen molar-refractivity contribution in [2.24, 2.45) is 5.92 Å². The van der Waals surface area contributed by atoms with E-state index in [2.05, 4.69) is 13.8 Å². The molecule has 0 aliphatic rings. The first-order chi connectivity index (χ1) is 7.86. The predicted octanol–water partition coefficient (Wildman–Crippen LogP) is 3.63. The van der Waals surface area contributed by atoms with Crippen LogP contribution >= 0.6 is 0 Å². The van der Waals surface area contributed by atoms with Crippen molar-refractivity contribution >= 4 is 9.84 Å². The monoisotopic (exact) mass is 254 g/mol. The molecule has 0 fully saturated rings. The fraction of sp³-hybridized carbons (Fsp3) is 0.571. The molecule has 0 aromatic heterocycles. The fourth-order valence-corrected chi connectivity index (χ4v) is 3.43. The number of hydrogen-bond acceptors (Lipinski definition) is 2. The minimum absolute atomic E-state index is 0.211. The molecule has 0 heterocycles. The van der Waals surface area contributed by atoms with Gasteiger partial charge < -0.3 is 0 Å². The van der Waals surface area contributed by atoms with Gasteiger partial charge in [0.2, 0.25) is 0 Å². The topological polar surface area (TPSA) is 34.1 Å². The molecule has 96 valence electrons. The largest absolute Gasteiger partial charge is 0.224 e. The average molecular weight is 254 g/mol. The summed E-state index contributed by atoms with van der Waals surface area (Å²) in [4.78, 5) is 0.462. The maximum atomic E-state index is 12.2. The lowest BCUT2D eigenvalue weighted by Gasteiger charge is -2.11. The van der Waals surface area contributed by atoms with Crippen molar-refractivity contribution in [2.45, 2.75) is 44.9 Å². The van der Waals surface area contributed by atoms with Crippen molar-refractivity contribution in [3.05, 3.63) is 29.8 Å². The van der Waals surface area contributed by atoms with Crippen LogP contribution in [0.2, 0.25) is 0 Å². The van der Waals surface area contributed by atoms with Crippen molar-refractivity contribution < 1.29 is 8.42 Å². The van der Waals surface area contributed by atoms with Crippen LogP contribution < -0.4 is 0 Å². The minimum atomic E-state index is -3.13. The first-order valence-electron chi connectivity index (χ1n) is 6.19. The van der Waals surface area contributed by atoms with E-state index in [1.807, 2.05) is 32.0 Å². The third-order valence-electron chi connectivity index (χ3n) is 3.08. The summed E-state index contributed by atoms with van der Waals surface area (Å²) in [6, 6.07) is 7.32. The van der Waals surface area contributed by atoms with Crippen LogP contribution in [0.4, 0.5) is 0 Å². The zero-order valence-corrected chi connectivity index (χ0v) is 11.9. The highest BCUT2D eigenvalue weighted by Gasteiger charge is 2.18. The third kappa shape index (κ3) is 3.84. The van der Waals surface area contributed by atoms with Crippen molar-refractivity contribution in [1.29, 1.82) is 0 Å². The molecular formula is C14H22O2S. The van der Waals surface area contributed by atoms with E-state index >= 15 is 0 Å². The number of benzene rings is 1. The van der Waals surface area contributed by atoms with Crippen LogP contribution in [0, 0.1) is 5.92 Å². The Hall–Kier alpha value is -0.830. The second-order valence-corrected chi connectivity index (χ2v) is 7.06. The normalized spacial score (nSPS) is 13.9. The molecule has 17 heavy (non-hydrogen) atoms. The maximum absolute atomic E-state index is 12.2. The molecule has 0 radical (unpaired) electrons. The van der Waals surface area contributed by atoms with Crippen LogP contribution in [0.3, 0.4) is 0 Å². The van der Waals surface area contributed by atoms with Gasteiger partial charge in [0.25, 0.3) is 0 Å². The van der Waals surface area contributed by atoms with E-state index in [1.165, 1.54) is 0 Å². The molecule has 0 aliphatic carbocycles. The zero-order valence-electron chi connectivity index (χ0n) is 11.1. The van der Waals surface area contributed by atoms with Gasteiger partial charge in [-0.3, -0.25) is 0 Å². The van der Waals surface area contributed by atoms with Gasteiger partial charge in [-0.05, 0) is 29.5 Å². The second-order valence-electron chi connectivity index (χ2n) is 5.02.